The molecular formula is C12H23N3O2. The fraction of sp³-hybridized carbons (Fsp3) is 0.917. The van der Waals surface area contributed by atoms with Crippen LogP contribution in [0, 0.1) is 0 Å². The summed E-state index contributed by atoms with van der Waals surface area (Å²) in [6.07, 6.45) is 3.98. The molecule has 2 unspecified atom stereocenters. The molecule has 0 saturated carbocycles. The van der Waals surface area contributed by atoms with Gasteiger partial charge in [-0.15, -0.1) is 0 Å². The molecule has 17 heavy (non-hydrogen) atoms. The second kappa shape index (κ2) is 6.33. The highest BCUT2D eigenvalue weighted by molar-refractivity contribution is 5.77. The SMILES string of the molecule is NCC1CNCCN1C(=O)CC1CCCCO1. The molecule has 2 aliphatic rings. The molecule has 5 nitrogen and oxygen atoms in total. The summed E-state index contributed by atoms with van der Waals surface area (Å²) in [6.45, 7) is 3.79. The molecule has 5 heteroatoms. The van der Waals surface area contributed by atoms with E-state index in [2.05, 4.69) is 5.32 Å². The number of piperazine rings is 1. The van der Waals surface area contributed by atoms with Crippen molar-refractivity contribution in [3.63, 3.8) is 0 Å². The van der Waals surface area contributed by atoms with E-state index < -0.39 is 0 Å². The van der Waals surface area contributed by atoms with Crippen LogP contribution in [0.1, 0.15) is 25.7 Å². The van der Waals surface area contributed by atoms with Crippen molar-refractivity contribution in [2.45, 2.75) is 37.8 Å². The third-order valence-corrected chi connectivity index (χ3v) is 3.62. The maximum Gasteiger partial charge on any atom is 0.225 e. The van der Waals surface area contributed by atoms with E-state index in [0.29, 0.717) is 13.0 Å². The predicted molar refractivity (Wildman–Crippen MR) is 65.6 cm³/mol. The molecule has 0 aromatic carbocycles. The number of nitrogens with two attached hydrogens (primary N) is 1. The van der Waals surface area contributed by atoms with E-state index in [-0.39, 0.29) is 18.1 Å². The predicted octanol–water partition coefficient (Wildman–Crippen LogP) is -0.295. The lowest BCUT2D eigenvalue weighted by molar-refractivity contribution is -0.138. The summed E-state index contributed by atoms with van der Waals surface area (Å²) in [4.78, 5) is 14.1. The van der Waals surface area contributed by atoms with Crippen molar-refractivity contribution in [3.05, 3.63) is 0 Å². The molecule has 2 atom stereocenters. The van der Waals surface area contributed by atoms with Gasteiger partial charge in [-0.1, -0.05) is 0 Å². The summed E-state index contributed by atoms with van der Waals surface area (Å²) in [5, 5.41) is 3.27. The van der Waals surface area contributed by atoms with Gasteiger partial charge in [0.2, 0.25) is 5.91 Å². The molecule has 0 aliphatic carbocycles. The highest BCUT2D eigenvalue weighted by atomic mass is 16.5. The van der Waals surface area contributed by atoms with Crippen molar-refractivity contribution < 1.29 is 9.53 Å². The van der Waals surface area contributed by atoms with Crippen LogP contribution >= 0.6 is 0 Å². The average Bonchev–Trinajstić information content (AvgIpc) is 2.40. The van der Waals surface area contributed by atoms with Crippen molar-refractivity contribution in [3.8, 4) is 0 Å². The number of nitrogens with zero attached hydrogens (tertiary/aromatic N) is 1. The van der Waals surface area contributed by atoms with E-state index in [4.69, 9.17) is 10.5 Å². The van der Waals surface area contributed by atoms with E-state index in [0.717, 1.165) is 39.1 Å². The van der Waals surface area contributed by atoms with Gasteiger partial charge < -0.3 is 20.7 Å². The van der Waals surface area contributed by atoms with Crippen LogP contribution in [0.3, 0.4) is 0 Å². The van der Waals surface area contributed by atoms with Crippen molar-refractivity contribution in [1.82, 2.24) is 10.2 Å². The first kappa shape index (κ1) is 12.8. The van der Waals surface area contributed by atoms with Gasteiger partial charge in [-0.3, -0.25) is 4.79 Å². The molecule has 1 amide bonds. The first-order valence-corrected chi connectivity index (χ1v) is 6.63. The number of ether oxygens (including phenoxy) is 1. The van der Waals surface area contributed by atoms with Gasteiger partial charge in [-0.25, -0.2) is 0 Å². The van der Waals surface area contributed by atoms with Crippen molar-refractivity contribution in [1.29, 1.82) is 0 Å². The standard InChI is InChI=1S/C12H23N3O2/c13-8-10-9-14-4-5-15(10)12(16)7-11-3-1-2-6-17-11/h10-11,14H,1-9,13H2. The van der Waals surface area contributed by atoms with E-state index in [9.17, 15) is 4.79 Å². The molecular weight excluding hydrogens is 218 g/mol. The molecule has 0 radical (unpaired) electrons. The summed E-state index contributed by atoms with van der Waals surface area (Å²) >= 11 is 0. The third kappa shape index (κ3) is 3.40. The first-order valence-electron chi connectivity index (χ1n) is 6.63. The second-order valence-electron chi connectivity index (χ2n) is 4.87. The van der Waals surface area contributed by atoms with Crippen LogP contribution in [0.5, 0.6) is 0 Å². The molecule has 2 heterocycles. The Morgan fingerprint density at radius 3 is 3.06 bits per heavy atom. The number of nitrogens with one attached hydrogen (secondary N) is 1. The number of amides is 1. The average molecular weight is 241 g/mol. The van der Waals surface area contributed by atoms with E-state index >= 15 is 0 Å². The van der Waals surface area contributed by atoms with Crippen LogP contribution in [-0.4, -0.2) is 55.7 Å². The maximum atomic E-state index is 12.2. The lowest BCUT2D eigenvalue weighted by Gasteiger charge is -2.36. The molecule has 2 saturated heterocycles. The first-order chi connectivity index (χ1) is 8.31. The Balaban J connectivity index is 1.84. The van der Waals surface area contributed by atoms with E-state index in [1.165, 1.54) is 6.42 Å². The van der Waals surface area contributed by atoms with Crippen LogP contribution in [0.4, 0.5) is 0 Å². The highest BCUT2D eigenvalue weighted by Gasteiger charge is 2.27. The second-order valence-corrected chi connectivity index (χ2v) is 4.87. The number of rotatable bonds is 3. The zero-order valence-electron chi connectivity index (χ0n) is 10.4. The zero-order valence-corrected chi connectivity index (χ0v) is 10.4. The maximum absolute atomic E-state index is 12.2. The number of carbonyl (C=O) groups is 1. The smallest absolute Gasteiger partial charge is 0.225 e. The van der Waals surface area contributed by atoms with Gasteiger partial charge in [0, 0.05) is 32.8 Å². The monoisotopic (exact) mass is 241 g/mol. The van der Waals surface area contributed by atoms with Crippen LogP contribution < -0.4 is 11.1 Å². The minimum absolute atomic E-state index is 0.129. The lowest BCUT2D eigenvalue weighted by atomic mass is 10.0. The van der Waals surface area contributed by atoms with Gasteiger partial charge in [0.25, 0.3) is 0 Å². The molecule has 0 aromatic heterocycles. The molecule has 2 fully saturated rings. The quantitative estimate of drug-likeness (QED) is 0.712. The van der Waals surface area contributed by atoms with Crippen molar-refractivity contribution >= 4 is 5.91 Å². The number of hydrogen-bond acceptors (Lipinski definition) is 4. The van der Waals surface area contributed by atoms with Gasteiger partial charge in [0.1, 0.15) is 0 Å². The van der Waals surface area contributed by atoms with Gasteiger partial charge in [0.15, 0.2) is 0 Å². The summed E-state index contributed by atoms with van der Waals surface area (Å²) < 4.78 is 5.61. The van der Waals surface area contributed by atoms with Gasteiger partial charge in [-0.05, 0) is 19.3 Å². The molecule has 0 spiro atoms. The molecule has 0 aromatic rings. The fourth-order valence-electron chi connectivity index (χ4n) is 2.58. The minimum atomic E-state index is 0.129. The molecule has 2 aliphatic heterocycles. The Bertz CT molecular complexity index is 254. The fourth-order valence-corrected chi connectivity index (χ4v) is 2.58. The number of hydrogen-bond donors (Lipinski definition) is 2. The molecule has 98 valence electrons. The lowest BCUT2D eigenvalue weighted by Crippen LogP contribution is -2.56. The Hall–Kier alpha value is -0.650. The molecule has 0 bridgehead atoms. The van der Waals surface area contributed by atoms with Crippen LogP contribution in [0.25, 0.3) is 0 Å². The van der Waals surface area contributed by atoms with Gasteiger partial charge in [-0.2, -0.15) is 0 Å². The number of carbonyl (C=O) groups excluding carboxylic acids is 1. The van der Waals surface area contributed by atoms with E-state index in [1.54, 1.807) is 0 Å². The summed E-state index contributed by atoms with van der Waals surface area (Å²) in [5.41, 5.74) is 5.70. The zero-order chi connectivity index (χ0) is 12.1. The van der Waals surface area contributed by atoms with Crippen LogP contribution in [0.2, 0.25) is 0 Å². The normalized spacial score (nSPS) is 30.3. The topological polar surface area (TPSA) is 67.6 Å². The highest BCUT2D eigenvalue weighted by Crippen LogP contribution is 2.17. The summed E-state index contributed by atoms with van der Waals surface area (Å²) in [7, 11) is 0. The van der Waals surface area contributed by atoms with E-state index in [1.807, 2.05) is 4.90 Å². The van der Waals surface area contributed by atoms with Crippen LogP contribution in [-0.2, 0) is 9.53 Å². The Morgan fingerprint density at radius 1 is 1.47 bits per heavy atom. The van der Waals surface area contributed by atoms with Crippen LogP contribution in [0.15, 0.2) is 0 Å². The minimum Gasteiger partial charge on any atom is -0.378 e. The summed E-state index contributed by atoms with van der Waals surface area (Å²) in [6, 6.07) is 0.153. The largest absolute Gasteiger partial charge is 0.378 e. The Labute approximate surface area is 103 Å². The van der Waals surface area contributed by atoms with Gasteiger partial charge >= 0.3 is 0 Å². The Kier molecular flexibility index (Phi) is 4.76. The Morgan fingerprint density at radius 2 is 2.35 bits per heavy atom. The van der Waals surface area contributed by atoms with Gasteiger partial charge in [0.05, 0.1) is 18.6 Å². The molecule has 2 rings (SSSR count). The van der Waals surface area contributed by atoms with Crippen molar-refractivity contribution in [2.75, 3.05) is 32.8 Å². The molecule has 3 N–H and O–H groups in total. The third-order valence-electron chi connectivity index (χ3n) is 3.62. The van der Waals surface area contributed by atoms with Crippen molar-refractivity contribution in [2.24, 2.45) is 5.73 Å². The summed E-state index contributed by atoms with van der Waals surface area (Å²) in [5.74, 6) is 0.203.